The second kappa shape index (κ2) is 5.63. The first-order chi connectivity index (χ1) is 7.49. The fourth-order valence-electron chi connectivity index (χ4n) is 1.18. The summed E-state index contributed by atoms with van der Waals surface area (Å²) in [7, 11) is 0. The molecule has 0 aliphatic carbocycles. The summed E-state index contributed by atoms with van der Waals surface area (Å²) in [5.74, 6) is -1.38. The van der Waals surface area contributed by atoms with Crippen molar-refractivity contribution in [3.8, 4) is 0 Å². The zero-order valence-corrected chi connectivity index (χ0v) is 9.53. The summed E-state index contributed by atoms with van der Waals surface area (Å²) in [4.78, 5) is 21.8. The van der Waals surface area contributed by atoms with Gasteiger partial charge in [0, 0.05) is 11.9 Å². The molecule has 1 rings (SSSR count). The molecule has 16 heavy (non-hydrogen) atoms. The average Bonchev–Trinajstić information content (AvgIpc) is 2.20. The molecule has 1 atom stereocenters. The molecule has 0 aliphatic heterocycles. The lowest BCUT2D eigenvalue weighted by atomic mass is 10.1. The van der Waals surface area contributed by atoms with Gasteiger partial charge < -0.3 is 10.5 Å². The molecule has 2 N–H and O–H groups in total. The second-order valence-electron chi connectivity index (χ2n) is 3.35. The van der Waals surface area contributed by atoms with Crippen LogP contribution in [-0.4, -0.2) is 18.0 Å². The van der Waals surface area contributed by atoms with Gasteiger partial charge in [-0.2, -0.15) is 0 Å². The summed E-state index contributed by atoms with van der Waals surface area (Å²) in [6, 6.07) is 6.11. The molecule has 0 saturated heterocycles. The van der Waals surface area contributed by atoms with Crippen molar-refractivity contribution in [2.75, 3.05) is 0 Å². The SMILES string of the molecule is CC(=O)OC(=O)[C@@H](N)Cc1ccc(Cl)cc1. The van der Waals surface area contributed by atoms with Gasteiger partial charge in [-0.05, 0) is 24.1 Å². The predicted octanol–water partition coefficient (Wildman–Crippen LogP) is 1.30. The first kappa shape index (κ1) is 12.7. The van der Waals surface area contributed by atoms with Crippen LogP contribution >= 0.6 is 11.6 Å². The first-order valence-corrected chi connectivity index (χ1v) is 5.09. The topological polar surface area (TPSA) is 69.4 Å². The van der Waals surface area contributed by atoms with E-state index in [-0.39, 0.29) is 0 Å². The molecule has 0 fully saturated rings. The van der Waals surface area contributed by atoms with Gasteiger partial charge >= 0.3 is 11.9 Å². The Bertz CT molecular complexity index is 389. The van der Waals surface area contributed by atoms with E-state index in [1.807, 2.05) is 0 Å². The van der Waals surface area contributed by atoms with E-state index in [4.69, 9.17) is 17.3 Å². The van der Waals surface area contributed by atoms with Crippen LogP contribution in [0.2, 0.25) is 5.02 Å². The lowest BCUT2D eigenvalue weighted by Crippen LogP contribution is -2.35. The number of benzene rings is 1. The van der Waals surface area contributed by atoms with Crippen LogP contribution in [0.25, 0.3) is 0 Å². The third-order valence-corrected chi connectivity index (χ3v) is 2.17. The molecule has 4 nitrogen and oxygen atoms in total. The summed E-state index contributed by atoms with van der Waals surface area (Å²) in [5.41, 5.74) is 6.43. The number of carbonyl (C=O) groups excluding carboxylic acids is 2. The van der Waals surface area contributed by atoms with Gasteiger partial charge in [0.15, 0.2) is 0 Å². The maximum Gasteiger partial charge on any atom is 0.330 e. The van der Waals surface area contributed by atoms with E-state index in [9.17, 15) is 9.59 Å². The highest BCUT2D eigenvalue weighted by atomic mass is 35.5. The van der Waals surface area contributed by atoms with E-state index in [0.717, 1.165) is 12.5 Å². The van der Waals surface area contributed by atoms with E-state index in [1.165, 1.54) is 0 Å². The van der Waals surface area contributed by atoms with Crippen molar-refractivity contribution >= 4 is 23.5 Å². The molecular formula is C11H12ClNO3. The Morgan fingerprint density at radius 1 is 1.38 bits per heavy atom. The van der Waals surface area contributed by atoms with E-state index < -0.39 is 18.0 Å². The first-order valence-electron chi connectivity index (χ1n) is 4.71. The lowest BCUT2D eigenvalue weighted by Gasteiger charge is -2.09. The molecule has 0 heterocycles. The van der Waals surface area contributed by atoms with Crippen LogP contribution in [0, 0.1) is 0 Å². The van der Waals surface area contributed by atoms with Crippen molar-refractivity contribution in [3.05, 3.63) is 34.9 Å². The van der Waals surface area contributed by atoms with Gasteiger partial charge in [0.1, 0.15) is 6.04 Å². The van der Waals surface area contributed by atoms with Crippen LogP contribution in [-0.2, 0) is 20.7 Å². The highest BCUT2D eigenvalue weighted by Crippen LogP contribution is 2.10. The second-order valence-corrected chi connectivity index (χ2v) is 3.79. The molecule has 0 aromatic heterocycles. The summed E-state index contributed by atoms with van der Waals surface area (Å²) >= 11 is 5.71. The van der Waals surface area contributed by atoms with Crippen molar-refractivity contribution in [2.45, 2.75) is 19.4 Å². The highest BCUT2D eigenvalue weighted by Gasteiger charge is 2.17. The number of ether oxygens (including phenoxy) is 1. The van der Waals surface area contributed by atoms with E-state index >= 15 is 0 Å². The Kier molecular flexibility index (Phi) is 4.46. The minimum Gasteiger partial charge on any atom is -0.392 e. The number of nitrogens with two attached hydrogens (primary N) is 1. The number of esters is 2. The molecule has 1 aromatic carbocycles. The molecule has 0 bridgehead atoms. The Morgan fingerprint density at radius 3 is 2.44 bits per heavy atom. The molecule has 5 heteroatoms. The smallest absolute Gasteiger partial charge is 0.330 e. The molecule has 0 unspecified atom stereocenters. The van der Waals surface area contributed by atoms with Gasteiger partial charge in [-0.15, -0.1) is 0 Å². The van der Waals surface area contributed by atoms with Crippen LogP contribution in [0.4, 0.5) is 0 Å². The molecule has 0 amide bonds. The molecular weight excluding hydrogens is 230 g/mol. The van der Waals surface area contributed by atoms with Gasteiger partial charge in [-0.25, -0.2) is 4.79 Å². The molecule has 86 valence electrons. The highest BCUT2D eigenvalue weighted by molar-refractivity contribution is 6.30. The Morgan fingerprint density at radius 2 is 1.94 bits per heavy atom. The zero-order chi connectivity index (χ0) is 12.1. The summed E-state index contributed by atoms with van der Waals surface area (Å²) in [6.07, 6.45) is 0.309. The van der Waals surface area contributed by atoms with Crippen LogP contribution in [0.3, 0.4) is 0 Å². The van der Waals surface area contributed by atoms with E-state index in [2.05, 4.69) is 4.74 Å². The van der Waals surface area contributed by atoms with Gasteiger partial charge in [-0.3, -0.25) is 4.79 Å². The zero-order valence-electron chi connectivity index (χ0n) is 8.77. The molecule has 1 aromatic rings. The molecule has 0 radical (unpaired) electrons. The normalized spacial score (nSPS) is 11.9. The fraction of sp³-hybridized carbons (Fsp3) is 0.273. The molecule has 0 saturated carbocycles. The quantitative estimate of drug-likeness (QED) is 0.640. The monoisotopic (exact) mass is 241 g/mol. The molecule has 0 aliphatic rings. The standard InChI is InChI=1S/C11H12ClNO3/c1-7(14)16-11(15)10(13)6-8-2-4-9(12)5-3-8/h2-5,10H,6,13H2,1H3/t10-/m0/s1. The Labute approximate surface area is 98.3 Å². The molecule has 0 spiro atoms. The lowest BCUT2D eigenvalue weighted by molar-refractivity contribution is -0.159. The average molecular weight is 242 g/mol. The number of rotatable bonds is 3. The number of hydrogen-bond acceptors (Lipinski definition) is 4. The van der Waals surface area contributed by atoms with Crippen LogP contribution < -0.4 is 5.73 Å². The van der Waals surface area contributed by atoms with Crippen LogP contribution in [0.5, 0.6) is 0 Å². The fourth-order valence-corrected chi connectivity index (χ4v) is 1.30. The van der Waals surface area contributed by atoms with Crippen molar-refractivity contribution in [3.63, 3.8) is 0 Å². The maximum atomic E-state index is 11.2. The Hall–Kier alpha value is -1.39. The minimum absolute atomic E-state index is 0.309. The van der Waals surface area contributed by atoms with Crippen molar-refractivity contribution in [2.24, 2.45) is 5.73 Å². The summed E-state index contributed by atoms with van der Waals surface area (Å²) < 4.78 is 4.38. The largest absolute Gasteiger partial charge is 0.392 e. The summed E-state index contributed by atoms with van der Waals surface area (Å²) in [5, 5.41) is 0.614. The van der Waals surface area contributed by atoms with E-state index in [0.29, 0.717) is 11.4 Å². The van der Waals surface area contributed by atoms with Crippen molar-refractivity contribution in [1.29, 1.82) is 0 Å². The van der Waals surface area contributed by atoms with Crippen molar-refractivity contribution in [1.82, 2.24) is 0 Å². The van der Waals surface area contributed by atoms with Gasteiger partial charge in [0.2, 0.25) is 0 Å². The third-order valence-electron chi connectivity index (χ3n) is 1.92. The summed E-state index contributed by atoms with van der Waals surface area (Å²) in [6.45, 7) is 1.16. The van der Waals surface area contributed by atoms with Crippen LogP contribution in [0.1, 0.15) is 12.5 Å². The maximum absolute atomic E-state index is 11.2. The number of hydrogen-bond donors (Lipinski definition) is 1. The van der Waals surface area contributed by atoms with E-state index in [1.54, 1.807) is 24.3 Å². The minimum atomic E-state index is -0.843. The van der Waals surface area contributed by atoms with Crippen LogP contribution in [0.15, 0.2) is 24.3 Å². The van der Waals surface area contributed by atoms with Crippen molar-refractivity contribution < 1.29 is 14.3 Å². The Balaban J connectivity index is 2.57. The number of carbonyl (C=O) groups is 2. The van der Waals surface area contributed by atoms with Gasteiger partial charge in [-0.1, -0.05) is 23.7 Å². The predicted molar refractivity (Wildman–Crippen MR) is 59.9 cm³/mol. The van der Waals surface area contributed by atoms with Gasteiger partial charge in [0.25, 0.3) is 0 Å². The third kappa shape index (κ3) is 4.00. The number of halogens is 1. The van der Waals surface area contributed by atoms with Gasteiger partial charge in [0.05, 0.1) is 0 Å².